The van der Waals surface area contributed by atoms with E-state index in [0.717, 1.165) is 81.9 Å². The van der Waals surface area contributed by atoms with E-state index in [1.165, 1.54) is 12.1 Å². The van der Waals surface area contributed by atoms with Crippen molar-refractivity contribution in [2.24, 2.45) is 11.8 Å². The minimum absolute atomic E-state index is 0.0205. The summed E-state index contributed by atoms with van der Waals surface area (Å²) in [5, 5.41) is 3.14. The lowest BCUT2D eigenvalue weighted by molar-refractivity contribution is -0.148. The van der Waals surface area contributed by atoms with Gasteiger partial charge in [-0.3, -0.25) is 23.8 Å². The SMILES string of the molecule is O=C(N[C@H]1C[C@H]2C[C@H]2C[C@H]2CC[C@@H](C(=O)N3CCN(C4CCOCC4)CC3)N2C1=O)c1cc2cc(C(F)(F)P(=O)(O)O)ccc2s1. The number of carbonyl (C=O) groups excluding carboxylic acids is 3. The Hall–Kier alpha value is -2.48. The van der Waals surface area contributed by atoms with Crippen molar-refractivity contribution in [3.8, 4) is 0 Å². The van der Waals surface area contributed by atoms with Crippen LogP contribution in [0.25, 0.3) is 10.1 Å². The number of nitrogens with one attached hydrogen (secondary N) is 1. The number of hydrogen-bond acceptors (Lipinski definition) is 7. The molecule has 5 aliphatic rings. The second-order valence-corrected chi connectivity index (χ2v) is 16.1. The summed E-state index contributed by atoms with van der Waals surface area (Å²) in [6.07, 6.45) is 5.70. The fourth-order valence-electron chi connectivity index (χ4n) is 7.94. The van der Waals surface area contributed by atoms with Gasteiger partial charge in [0.25, 0.3) is 5.91 Å². The van der Waals surface area contributed by atoms with Crippen LogP contribution < -0.4 is 5.32 Å². The molecule has 0 radical (unpaired) electrons. The van der Waals surface area contributed by atoms with Gasteiger partial charge in [-0.15, -0.1) is 11.3 Å². The second-order valence-electron chi connectivity index (χ2n) is 13.4. The van der Waals surface area contributed by atoms with Gasteiger partial charge in [0.15, 0.2) is 0 Å². The molecule has 11 nitrogen and oxygen atoms in total. The molecule has 0 bridgehead atoms. The van der Waals surface area contributed by atoms with Crippen LogP contribution in [0.4, 0.5) is 8.78 Å². The number of alkyl halides is 2. The number of nitrogens with zero attached hydrogens (tertiary/aromatic N) is 3. The topological polar surface area (TPSA) is 140 Å². The fraction of sp³-hybridized carbons (Fsp3) is 0.645. The van der Waals surface area contributed by atoms with Crippen LogP contribution in [-0.4, -0.2) is 106 Å². The van der Waals surface area contributed by atoms with E-state index in [1.54, 1.807) is 4.90 Å². The van der Waals surface area contributed by atoms with Crippen LogP contribution in [0.2, 0.25) is 0 Å². The monoisotopic (exact) mass is 680 g/mol. The van der Waals surface area contributed by atoms with E-state index in [1.807, 2.05) is 4.90 Å². The number of fused-ring (bicyclic) bond motifs is 3. The summed E-state index contributed by atoms with van der Waals surface area (Å²) in [5.74, 6) is -0.0129. The number of halogens is 2. The van der Waals surface area contributed by atoms with Crippen molar-refractivity contribution in [2.75, 3.05) is 39.4 Å². The molecule has 1 aromatic carbocycles. The Balaban J connectivity index is 1.05. The maximum Gasteiger partial charge on any atom is 0.399 e. The number of benzene rings is 1. The molecule has 3 N–H and O–H groups in total. The molecule has 46 heavy (non-hydrogen) atoms. The van der Waals surface area contributed by atoms with E-state index in [4.69, 9.17) is 14.5 Å². The number of rotatable bonds is 6. The fourth-order valence-corrected chi connectivity index (χ4v) is 9.36. The lowest BCUT2D eigenvalue weighted by Gasteiger charge is -2.42. The minimum Gasteiger partial charge on any atom is -0.381 e. The normalized spacial score (nSPS) is 29.7. The number of thiophene rings is 1. The summed E-state index contributed by atoms with van der Waals surface area (Å²) in [6, 6.07) is 3.69. The highest BCUT2D eigenvalue weighted by Crippen LogP contribution is 2.59. The van der Waals surface area contributed by atoms with Gasteiger partial charge in [-0.25, -0.2) is 0 Å². The van der Waals surface area contributed by atoms with E-state index in [2.05, 4.69) is 10.2 Å². The smallest absolute Gasteiger partial charge is 0.381 e. The first kappa shape index (κ1) is 32.1. The quantitative estimate of drug-likeness (QED) is 0.395. The van der Waals surface area contributed by atoms with Crippen LogP contribution >= 0.6 is 18.9 Å². The van der Waals surface area contributed by atoms with Gasteiger partial charge >= 0.3 is 13.3 Å². The molecule has 250 valence electrons. The Kier molecular flexibility index (Phi) is 8.51. The van der Waals surface area contributed by atoms with E-state index < -0.39 is 36.8 Å². The first-order valence-electron chi connectivity index (χ1n) is 16.1. The Labute approximate surface area is 269 Å². The minimum atomic E-state index is -5.75. The molecule has 1 saturated carbocycles. The molecule has 3 amide bonds. The second kappa shape index (κ2) is 12.2. The van der Waals surface area contributed by atoms with Gasteiger partial charge in [0.2, 0.25) is 11.8 Å². The molecule has 5 heterocycles. The average molecular weight is 681 g/mol. The summed E-state index contributed by atoms with van der Waals surface area (Å²) >= 11 is 1.05. The van der Waals surface area contributed by atoms with Crippen molar-refractivity contribution < 1.29 is 42.3 Å². The van der Waals surface area contributed by atoms with Crippen LogP contribution in [0.15, 0.2) is 24.3 Å². The molecule has 5 fully saturated rings. The van der Waals surface area contributed by atoms with Crippen LogP contribution in [0.1, 0.15) is 60.2 Å². The zero-order valence-electron chi connectivity index (χ0n) is 25.4. The van der Waals surface area contributed by atoms with Crippen LogP contribution in [-0.2, 0) is 24.6 Å². The molecule has 4 saturated heterocycles. The van der Waals surface area contributed by atoms with Crippen molar-refractivity contribution in [2.45, 2.75) is 74.8 Å². The molecule has 0 spiro atoms. The molecular formula is C31H39F2N4O7PS. The summed E-state index contributed by atoms with van der Waals surface area (Å²) in [4.78, 5) is 66.1. The standard InChI is InChI=1S/C31H39F2N4O7PS/c32-31(33,45(41,42)43)21-1-4-26-20(14-21)17-27(46-26)28(38)34-24-16-19-13-18(19)15-23-2-3-25(37(23)29(24)39)30(40)36-9-7-35(8-10-36)22-5-11-44-12-6-22/h1,4,14,17-19,22-25H,2-3,5-13,15-16H2,(H,34,38)(H2,41,42,43)/t18-,19+,23+,24-,25-/m0/s1. The third kappa shape index (κ3) is 6.01. The van der Waals surface area contributed by atoms with E-state index in [0.29, 0.717) is 48.5 Å². The van der Waals surface area contributed by atoms with Crippen molar-refractivity contribution >= 4 is 46.7 Å². The van der Waals surface area contributed by atoms with Crippen LogP contribution in [0.3, 0.4) is 0 Å². The predicted octanol–water partition coefficient (Wildman–Crippen LogP) is 3.34. The third-order valence-electron chi connectivity index (χ3n) is 10.6. The number of amides is 3. The van der Waals surface area contributed by atoms with Crippen LogP contribution in [0.5, 0.6) is 0 Å². The van der Waals surface area contributed by atoms with Gasteiger partial charge in [0.1, 0.15) is 12.1 Å². The van der Waals surface area contributed by atoms with Gasteiger partial charge in [-0.05, 0) is 80.4 Å². The predicted molar refractivity (Wildman–Crippen MR) is 165 cm³/mol. The summed E-state index contributed by atoms with van der Waals surface area (Å²) < 4.78 is 46.0. The van der Waals surface area contributed by atoms with Gasteiger partial charge in [-0.1, -0.05) is 6.07 Å². The van der Waals surface area contributed by atoms with E-state index >= 15 is 0 Å². The molecule has 7 rings (SSSR count). The highest BCUT2D eigenvalue weighted by molar-refractivity contribution is 7.52. The number of hydrogen-bond donors (Lipinski definition) is 3. The van der Waals surface area contributed by atoms with Gasteiger partial charge in [0, 0.05) is 61.7 Å². The highest BCUT2D eigenvalue weighted by atomic mass is 32.1. The van der Waals surface area contributed by atoms with Gasteiger partial charge < -0.3 is 29.6 Å². The van der Waals surface area contributed by atoms with Crippen molar-refractivity contribution in [3.63, 3.8) is 0 Å². The van der Waals surface area contributed by atoms with E-state index in [9.17, 15) is 27.7 Å². The molecular weight excluding hydrogens is 641 g/mol. The average Bonchev–Trinajstić information content (AvgIpc) is 3.41. The van der Waals surface area contributed by atoms with Gasteiger partial charge in [0.05, 0.1) is 4.88 Å². The lowest BCUT2D eigenvalue weighted by Crippen LogP contribution is -2.59. The molecule has 4 aliphatic heterocycles. The first-order chi connectivity index (χ1) is 21.9. The molecule has 5 atom stereocenters. The van der Waals surface area contributed by atoms with E-state index in [-0.39, 0.29) is 28.1 Å². The van der Waals surface area contributed by atoms with Crippen molar-refractivity contribution in [3.05, 3.63) is 34.7 Å². The molecule has 1 aliphatic carbocycles. The van der Waals surface area contributed by atoms with Crippen molar-refractivity contribution in [1.29, 1.82) is 0 Å². The zero-order valence-corrected chi connectivity index (χ0v) is 27.1. The summed E-state index contributed by atoms with van der Waals surface area (Å²) in [6.45, 7) is 4.39. The summed E-state index contributed by atoms with van der Waals surface area (Å²) in [7, 11) is -5.75. The Bertz CT molecular complexity index is 1570. The molecule has 2 aromatic rings. The zero-order chi connectivity index (χ0) is 32.4. The molecule has 1 aromatic heterocycles. The Morgan fingerprint density at radius 1 is 0.957 bits per heavy atom. The van der Waals surface area contributed by atoms with Gasteiger partial charge in [-0.2, -0.15) is 8.78 Å². The maximum atomic E-state index is 14.3. The lowest BCUT2D eigenvalue weighted by atomic mass is 9.99. The third-order valence-corrected chi connectivity index (χ3v) is 12.7. The first-order valence-corrected chi connectivity index (χ1v) is 18.5. The number of carbonyl (C=O) groups is 3. The highest BCUT2D eigenvalue weighted by Gasteiger charge is 2.52. The largest absolute Gasteiger partial charge is 0.399 e. The molecule has 15 heteroatoms. The number of ether oxygens (including phenoxy) is 1. The number of piperazine rings is 1. The van der Waals surface area contributed by atoms with Crippen molar-refractivity contribution in [1.82, 2.24) is 20.0 Å². The Morgan fingerprint density at radius 3 is 2.39 bits per heavy atom. The Morgan fingerprint density at radius 2 is 1.67 bits per heavy atom. The molecule has 0 unspecified atom stereocenters. The summed E-state index contributed by atoms with van der Waals surface area (Å²) in [5.41, 5.74) is -5.20. The van der Waals surface area contributed by atoms with Crippen LogP contribution in [0, 0.1) is 11.8 Å². The maximum absolute atomic E-state index is 14.3.